The number of ether oxygens (including phenoxy) is 1. The van der Waals surface area contributed by atoms with Crippen LogP contribution >= 0.6 is 0 Å². The second-order valence-electron chi connectivity index (χ2n) is 8.23. The van der Waals surface area contributed by atoms with Crippen molar-refractivity contribution in [3.63, 3.8) is 0 Å². The molecule has 2 atom stereocenters. The zero-order valence-electron chi connectivity index (χ0n) is 18.1. The molecule has 0 fully saturated rings. The van der Waals surface area contributed by atoms with E-state index < -0.39 is 27.9 Å². The maximum absolute atomic E-state index is 14.3. The summed E-state index contributed by atoms with van der Waals surface area (Å²) in [6.45, 7) is 4.22. The molecule has 1 heterocycles. The first-order valence-corrected chi connectivity index (χ1v) is 12.1. The number of unbranched alkanes of at least 4 members (excludes halogenated alkanes) is 2. The molecule has 0 aliphatic carbocycles. The fourth-order valence-corrected chi connectivity index (χ4v) is 6.22. The number of hydrogen-bond donors (Lipinski definition) is 0. The summed E-state index contributed by atoms with van der Waals surface area (Å²) in [6, 6.07) is 11.7. The number of methoxy groups -OCH3 is 1. The van der Waals surface area contributed by atoms with Crippen LogP contribution in [0.5, 0.6) is 5.75 Å². The van der Waals surface area contributed by atoms with Crippen LogP contribution in [0.1, 0.15) is 69.4 Å². The quantitative estimate of drug-likeness (QED) is 0.514. The number of carbonyl (C=O) groups excluding carboxylic acids is 1. The molecular weight excluding hydrogens is 399 g/mol. The van der Waals surface area contributed by atoms with Crippen molar-refractivity contribution in [3.8, 4) is 5.75 Å². The Hall–Kier alpha value is -2.01. The molecule has 0 saturated heterocycles. The van der Waals surface area contributed by atoms with Gasteiger partial charge in [0.1, 0.15) is 11.6 Å². The third-order valence-corrected chi connectivity index (χ3v) is 7.86. The minimum absolute atomic E-state index is 0.0762. The molecule has 162 valence electrons. The molecule has 30 heavy (non-hydrogen) atoms. The van der Waals surface area contributed by atoms with Gasteiger partial charge >= 0.3 is 0 Å². The lowest BCUT2D eigenvalue weighted by molar-refractivity contribution is -0.129. The first-order chi connectivity index (χ1) is 14.5. The largest absolute Gasteiger partial charge is 0.497 e. The van der Waals surface area contributed by atoms with E-state index >= 15 is 0 Å². The summed E-state index contributed by atoms with van der Waals surface area (Å²) in [6.07, 6.45) is 5.21. The van der Waals surface area contributed by atoms with E-state index in [2.05, 4.69) is 13.8 Å². The average Bonchev–Trinajstić information content (AvgIpc) is 2.84. The van der Waals surface area contributed by atoms with Crippen LogP contribution in [0.15, 0.2) is 47.4 Å². The Morgan fingerprint density at radius 1 is 1.07 bits per heavy atom. The Bertz CT molecular complexity index is 899. The summed E-state index contributed by atoms with van der Waals surface area (Å²) in [5.74, 6) is 0.0590. The van der Waals surface area contributed by atoms with Gasteiger partial charge in [-0.1, -0.05) is 51.7 Å². The van der Waals surface area contributed by atoms with Crippen molar-refractivity contribution in [2.45, 2.75) is 63.2 Å². The molecule has 0 bridgehead atoms. The smallest absolute Gasteiger partial charge is 0.151 e. The summed E-state index contributed by atoms with van der Waals surface area (Å²) in [5.41, 5.74) is 0.680. The van der Waals surface area contributed by atoms with Crippen molar-refractivity contribution in [2.75, 3.05) is 12.9 Å². The van der Waals surface area contributed by atoms with Gasteiger partial charge in [0.15, 0.2) is 5.78 Å². The molecule has 0 unspecified atom stereocenters. The van der Waals surface area contributed by atoms with Crippen LogP contribution in [0.25, 0.3) is 0 Å². The van der Waals surface area contributed by atoms with Crippen LogP contribution in [0, 0.1) is 11.2 Å². The van der Waals surface area contributed by atoms with Crippen LogP contribution in [-0.4, -0.2) is 22.9 Å². The maximum Gasteiger partial charge on any atom is 0.151 e. The van der Waals surface area contributed by atoms with E-state index in [1.807, 2.05) is 24.3 Å². The van der Waals surface area contributed by atoms with Gasteiger partial charge in [-0.05, 0) is 54.3 Å². The number of carbonyl (C=O) groups is 1. The van der Waals surface area contributed by atoms with Gasteiger partial charge in [-0.2, -0.15) is 0 Å². The van der Waals surface area contributed by atoms with Gasteiger partial charge in [-0.3, -0.25) is 9.00 Å². The summed E-state index contributed by atoms with van der Waals surface area (Å²) < 4.78 is 32.9. The number of benzene rings is 2. The lowest BCUT2D eigenvalue weighted by Crippen LogP contribution is -2.38. The van der Waals surface area contributed by atoms with Crippen molar-refractivity contribution < 1.29 is 18.1 Å². The predicted molar refractivity (Wildman–Crippen MR) is 119 cm³/mol. The van der Waals surface area contributed by atoms with Gasteiger partial charge in [0.2, 0.25) is 0 Å². The van der Waals surface area contributed by atoms with E-state index in [-0.39, 0.29) is 5.78 Å². The Balaban J connectivity index is 2.19. The number of halogens is 1. The summed E-state index contributed by atoms with van der Waals surface area (Å²) in [7, 11) is 0.247. The Morgan fingerprint density at radius 3 is 2.27 bits per heavy atom. The van der Waals surface area contributed by atoms with Gasteiger partial charge in [0, 0.05) is 16.1 Å². The number of ketones is 1. The van der Waals surface area contributed by atoms with Crippen molar-refractivity contribution in [1.29, 1.82) is 0 Å². The third kappa shape index (κ3) is 4.51. The molecule has 0 amide bonds. The third-order valence-electron chi connectivity index (χ3n) is 6.19. The van der Waals surface area contributed by atoms with Gasteiger partial charge in [0.25, 0.3) is 0 Å². The molecular formula is C25H31FO3S. The van der Waals surface area contributed by atoms with Gasteiger partial charge in [-0.15, -0.1) is 0 Å². The predicted octanol–water partition coefficient (Wildman–Crippen LogP) is 6.02. The van der Waals surface area contributed by atoms with Crippen LogP contribution < -0.4 is 4.74 Å². The average molecular weight is 431 g/mol. The van der Waals surface area contributed by atoms with E-state index in [0.717, 1.165) is 44.1 Å². The Kier molecular flexibility index (Phi) is 7.45. The van der Waals surface area contributed by atoms with Crippen LogP contribution in [-0.2, 0) is 15.6 Å². The highest BCUT2D eigenvalue weighted by molar-refractivity contribution is 7.85. The topological polar surface area (TPSA) is 43.4 Å². The van der Waals surface area contributed by atoms with Crippen molar-refractivity contribution in [2.24, 2.45) is 5.41 Å². The zero-order chi connectivity index (χ0) is 21.7. The van der Waals surface area contributed by atoms with Gasteiger partial charge in [0.05, 0.1) is 23.8 Å². The van der Waals surface area contributed by atoms with Gasteiger partial charge < -0.3 is 4.74 Å². The molecule has 2 aromatic rings. The van der Waals surface area contributed by atoms with Crippen LogP contribution in [0.4, 0.5) is 4.39 Å². The fourth-order valence-electron chi connectivity index (χ4n) is 4.47. The van der Waals surface area contributed by atoms with E-state index in [1.54, 1.807) is 13.2 Å². The standard InChI is InChI=1S/C25H31FO3S/c1-4-6-14-25(15-7-5-2)17-30(28)22-13-10-19(26)16-21(22)23(24(25)27)18-8-11-20(29-3)12-9-18/h8-13,16,23H,4-7,14-15,17H2,1-3H3/t23-,30-/m1/s1. The summed E-state index contributed by atoms with van der Waals surface area (Å²) >= 11 is 0. The van der Waals surface area contributed by atoms with Crippen molar-refractivity contribution in [1.82, 2.24) is 0 Å². The first kappa shape index (κ1) is 22.7. The number of Topliss-reactive ketones (excluding diaryl/α,β-unsaturated/α-hetero) is 1. The van der Waals surface area contributed by atoms with E-state index in [1.165, 1.54) is 12.1 Å². The van der Waals surface area contributed by atoms with Crippen LogP contribution in [0.3, 0.4) is 0 Å². The maximum atomic E-state index is 14.3. The molecule has 5 heteroatoms. The normalized spacial score (nSPS) is 20.5. The number of hydrogen-bond acceptors (Lipinski definition) is 3. The fraction of sp³-hybridized carbons (Fsp3) is 0.480. The molecule has 1 aliphatic rings. The SMILES string of the molecule is CCCCC1(CCCC)C[S@@](=O)c2ccc(F)cc2[C@@H](c2ccc(OC)cc2)C1=O. The second-order valence-corrected chi connectivity index (χ2v) is 9.65. The van der Waals surface area contributed by atoms with E-state index in [0.29, 0.717) is 22.0 Å². The molecule has 0 radical (unpaired) electrons. The van der Waals surface area contributed by atoms with Gasteiger partial charge in [-0.25, -0.2) is 4.39 Å². The lowest BCUT2D eigenvalue weighted by atomic mass is 9.69. The van der Waals surface area contributed by atoms with Crippen LogP contribution in [0.2, 0.25) is 0 Å². The molecule has 1 aliphatic heterocycles. The summed E-state index contributed by atoms with van der Waals surface area (Å²) in [5, 5.41) is 0. The van der Waals surface area contributed by atoms with E-state index in [9.17, 15) is 13.4 Å². The molecule has 0 N–H and O–H groups in total. The Labute approximate surface area is 181 Å². The van der Waals surface area contributed by atoms with Crippen molar-refractivity contribution >= 4 is 16.6 Å². The minimum Gasteiger partial charge on any atom is -0.497 e. The zero-order valence-corrected chi connectivity index (χ0v) is 18.9. The Morgan fingerprint density at radius 2 is 1.70 bits per heavy atom. The molecule has 0 spiro atoms. The molecule has 0 saturated carbocycles. The monoisotopic (exact) mass is 430 g/mol. The van der Waals surface area contributed by atoms with E-state index in [4.69, 9.17) is 4.74 Å². The first-order valence-electron chi connectivity index (χ1n) is 10.8. The second kappa shape index (κ2) is 9.86. The molecule has 3 rings (SSSR count). The number of fused-ring (bicyclic) bond motifs is 1. The molecule has 0 aromatic heterocycles. The molecule has 2 aromatic carbocycles. The minimum atomic E-state index is -1.35. The molecule has 3 nitrogen and oxygen atoms in total. The van der Waals surface area contributed by atoms with Crippen molar-refractivity contribution in [3.05, 3.63) is 59.4 Å². The highest BCUT2D eigenvalue weighted by atomic mass is 32.2. The lowest BCUT2D eigenvalue weighted by Gasteiger charge is -2.33. The summed E-state index contributed by atoms with van der Waals surface area (Å²) in [4.78, 5) is 14.7. The highest BCUT2D eigenvalue weighted by Gasteiger charge is 2.46. The highest BCUT2D eigenvalue weighted by Crippen LogP contribution is 2.46. The number of rotatable bonds is 8.